The van der Waals surface area contributed by atoms with Crippen LogP contribution in [0.1, 0.15) is 32.6 Å². The highest BCUT2D eigenvalue weighted by molar-refractivity contribution is 7.91. The first-order valence-corrected chi connectivity index (χ1v) is 9.11. The van der Waals surface area contributed by atoms with Crippen LogP contribution in [0.2, 0.25) is 0 Å². The lowest BCUT2D eigenvalue weighted by atomic mass is 10.2. The molecule has 0 aromatic carbocycles. The van der Waals surface area contributed by atoms with Gasteiger partial charge in [-0.15, -0.1) is 0 Å². The standard InChI is InChI=1S/C13H25N3O4S/c1-3-14-13(15-8-5-4-6-12(17)20-2)16-11-7-9-21(18,19)10-11/h11H,3-10H2,1-2H3,(H2,14,15,16). The maximum atomic E-state index is 11.4. The van der Waals surface area contributed by atoms with E-state index in [-0.39, 0.29) is 23.5 Å². The molecule has 1 heterocycles. The number of hydrogen-bond donors (Lipinski definition) is 2. The van der Waals surface area contributed by atoms with E-state index in [2.05, 4.69) is 20.4 Å². The Morgan fingerprint density at radius 2 is 2.14 bits per heavy atom. The summed E-state index contributed by atoms with van der Waals surface area (Å²) in [7, 11) is -1.52. The number of rotatable bonds is 7. The number of esters is 1. The van der Waals surface area contributed by atoms with Gasteiger partial charge in [-0.1, -0.05) is 0 Å². The molecule has 0 aliphatic carbocycles. The number of guanidine groups is 1. The molecular formula is C13H25N3O4S. The second kappa shape index (κ2) is 8.86. The molecule has 1 aliphatic heterocycles. The Morgan fingerprint density at radius 1 is 1.38 bits per heavy atom. The zero-order valence-electron chi connectivity index (χ0n) is 12.7. The van der Waals surface area contributed by atoms with E-state index < -0.39 is 9.84 Å². The number of ether oxygens (including phenoxy) is 1. The number of nitrogens with one attached hydrogen (secondary N) is 2. The molecular weight excluding hydrogens is 294 g/mol. The van der Waals surface area contributed by atoms with Crippen molar-refractivity contribution >= 4 is 21.8 Å². The van der Waals surface area contributed by atoms with Gasteiger partial charge in [0.1, 0.15) is 0 Å². The zero-order valence-corrected chi connectivity index (χ0v) is 13.5. The van der Waals surface area contributed by atoms with E-state index in [1.165, 1.54) is 7.11 Å². The van der Waals surface area contributed by atoms with Crippen LogP contribution in [0, 0.1) is 0 Å². The summed E-state index contributed by atoms with van der Waals surface area (Å²) >= 11 is 0. The molecule has 0 aromatic heterocycles. The molecule has 1 unspecified atom stereocenters. The Morgan fingerprint density at radius 3 is 2.71 bits per heavy atom. The van der Waals surface area contributed by atoms with Crippen molar-refractivity contribution in [2.24, 2.45) is 4.99 Å². The number of nitrogens with zero attached hydrogens (tertiary/aromatic N) is 1. The Balaban J connectivity index is 2.35. The van der Waals surface area contributed by atoms with Gasteiger partial charge in [0.2, 0.25) is 0 Å². The van der Waals surface area contributed by atoms with Crippen molar-refractivity contribution in [3.63, 3.8) is 0 Å². The van der Waals surface area contributed by atoms with Crippen molar-refractivity contribution in [1.82, 2.24) is 10.6 Å². The van der Waals surface area contributed by atoms with Gasteiger partial charge in [0.15, 0.2) is 15.8 Å². The quantitative estimate of drug-likeness (QED) is 0.298. The topological polar surface area (TPSA) is 96.9 Å². The Hall–Kier alpha value is -1.31. The van der Waals surface area contributed by atoms with Crippen LogP contribution < -0.4 is 10.6 Å². The van der Waals surface area contributed by atoms with Crippen molar-refractivity contribution in [3.05, 3.63) is 0 Å². The maximum Gasteiger partial charge on any atom is 0.305 e. The molecule has 0 spiro atoms. The molecule has 0 aromatic rings. The lowest BCUT2D eigenvalue weighted by Crippen LogP contribution is -2.44. The Kier molecular flexibility index (Phi) is 7.49. The van der Waals surface area contributed by atoms with Gasteiger partial charge in [0, 0.05) is 25.6 Å². The van der Waals surface area contributed by atoms with E-state index in [1.54, 1.807) is 0 Å². The molecule has 21 heavy (non-hydrogen) atoms. The molecule has 1 fully saturated rings. The van der Waals surface area contributed by atoms with Gasteiger partial charge in [-0.3, -0.25) is 9.79 Å². The molecule has 1 rings (SSSR count). The summed E-state index contributed by atoms with van der Waals surface area (Å²) in [5.74, 6) is 0.834. The van der Waals surface area contributed by atoms with Crippen LogP contribution in [0.3, 0.4) is 0 Å². The van der Waals surface area contributed by atoms with E-state index in [0.717, 1.165) is 12.8 Å². The first-order chi connectivity index (χ1) is 9.96. The van der Waals surface area contributed by atoms with E-state index in [0.29, 0.717) is 31.9 Å². The van der Waals surface area contributed by atoms with Crippen molar-refractivity contribution in [2.45, 2.75) is 38.6 Å². The van der Waals surface area contributed by atoms with Crippen LogP contribution in [0.4, 0.5) is 0 Å². The molecule has 1 aliphatic rings. The van der Waals surface area contributed by atoms with Gasteiger partial charge < -0.3 is 15.4 Å². The maximum absolute atomic E-state index is 11.4. The monoisotopic (exact) mass is 319 g/mol. The first kappa shape index (κ1) is 17.7. The minimum Gasteiger partial charge on any atom is -0.469 e. The fraction of sp³-hybridized carbons (Fsp3) is 0.846. The molecule has 0 saturated carbocycles. The molecule has 1 atom stereocenters. The highest BCUT2D eigenvalue weighted by atomic mass is 32.2. The summed E-state index contributed by atoms with van der Waals surface area (Å²) in [5.41, 5.74) is 0. The second-order valence-corrected chi connectivity index (χ2v) is 7.27. The lowest BCUT2D eigenvalue weighted by molar-refractivity contribution is -0.140. The fourth-order valence-corrected chi connectivity index (χ4v) is 3.77. The molecule has 0 bridgehead atoms. The van der Waals surface area contributed by atoms with Crippen LogP contribution in [-0.4, -0.2) is 58.1 Å². The third-order valence-corrected chi connectivity index (χ3v) is 4.97. The van der Waals surface area contributed by atoms with E-state index in [1.807, 2.05) is 6.92 Å². The van der Waals surface area contributed by atoms with Gasteiger partial charge in [-0.25, -0.2) is 8.42 Å². The number of sulfone groups is 1. The minimum atomic E-state index is -2.89. The van der Waals surface area contributed by atoms with E-state index in [4.69, 9.17) is 0 Å². The first-order valence-electron chi connectivity index (χ1n) is 7.29. The van der Waals surface area contributed by atoms with Crippen LogP contribution in [0.5, 0.6) is 0 Å². The minimum absolute atomic E-state index is 0.0668. The summed E-state index contributed by atoms with van der Waals surface area (Å²) in [5, 5.41) is 6.25. The Labute approximate surface area is 126 Å². The molecule has 0 amide bonds. The van der Waals surface area contributed by atoms with Crippen LogP contribution in [0.25, 0.3) is 0 Å². The molecule has 0 radical (unpaired) electrons. The summed E-state index contributed by atoms with van der Waals surface area (Å²) in [6, 6.07) is -0.0668. The number of aliphatic imine (C=N–C) groups is 1. The predicted octanol–water partition coefficient (Wildman–Crippen LogP) is 0.0719. The second-order valence-electron chi connectivity index (χ2n) is 5.04. The molecule has 7 nitrogen and oxygen atoms in total. The average molecular weight is 319 g/mol. The zero-order chi connectivity index (χ0) is 15.7. The normalized spacial score (nSPS) is 21.0. The molecule has 8 heteroatoms. The highest BCUT2D eigenvalue weighted by Crippen LogP contribution is 2.11. The number of carbonyl (C=O) groups is 1. The Bertz CT molecular complexity index is 462. The van der Waals surface area contributed by atoms with Crippen molar-refractivity contribution < 1.29 is 17.9 Å². The number of hydrogen-bond acceptors (Lipinski definition) is 5. The lowest BCUT2D eigenvalue weighted by Gasteiger charge is -2.15. The van der Waals surface area contributed by atoms with Crippen LogP contribution in [0.15, 0.2) is 4.99 Å². The van der Waals surface area contributed by atoms with Crippen molar-refractivity contribution in [3.8, 4) is 0 Å². The van der Waals surface area contributed by atoms with Crippen molar-refractivity contribution in [2.75, 3.05) is 31.7 Å². The average Bonchev–Trinajstić information content (AvgIpc) is 2.77. The molecule has 122 valence electrons. The van der Waals surface area contributed by atoms with Gasteiger partial charge in [0.25, 0.3) is 0 Å². The van der Waals surface area contributed by atoms with Crippen LogP contribution in [-0.2, 0) is 19.4 Å². The SMILES string of the molecule is CCNC(=NCCCCC(=O)OC)NC1CCS(=O)(=O)C1. The molecule has 1 saturated heterocycles. The van der Waals surface area contributed by atoms with E-state index >= 15 is 0 Å². The van der Waals surface area contributed by atoms with Gasteiger partial charge in [-0.2, -0.15) is 0 Å². The van der Waals surface area contributed by atoms with Crippen LogP contribution >= 0.6 is 0 Å². The summed E-state index contributed by atoms with van der Waals surface area (Å²) in [4.78, 5) is 15.4. The molecule has 2 N–H and O–H groups in total. The predicted molar refractivity (Wildman–Crippen MR) is 82.0 cm³/mol. The van der Waals surface area contributed by atoms with Gasteiger partial charge in [-0.05, 0) is 26.2 Å². The largest absolute Gasteiger partial charge is 0.469 e. The number of carbonyl (C=O) groups excluding carboxylic acids is 1. The summed E-state index contributed by atoms with van der Waals surface area (Å²) in [6.07, 6.45) is 2.54. The van der Waals surface area contributed by atoms with Crippen molar-refractivity contribution in [1.29, 1.82) is 0 Å². The number of unbranched alkanes of at least 4 members (excludes halogenated alkanes) is 1. The fourth-order valence-electron chi connectivity index (χ4n) is 2.10. The summed E-state index contributed by atoms with van der Waals surface area (Å²) in [6.45, 7) is 3.26. The third-order valence-electron chi connectivity index (χ3n) is 3.20. The third kappa shape index (κ3) is 7.31. The van der Waals surface area contributed by atoms with Gasteiger partial charge in [0.05, 0.1) is 18.6 Å². The number of methoxy groups -OCH3 is 1. The van der Waals surface area contributed by atoms with E-state index in [9.17, 15) is 13.2 Å². The smallest absolute Gasteiger partial charge is 0.305 e. The van der Waals surface area contributed by atoms with Gasteiger partial charge >= 0.3 is 5.97 Å². The summed E-state index contributed by atoms with van der Waals surface area (Å²) < 4.78 is 27.4. The highest BCUT2D eigenvalue weighted by Gasteiger charge is 2.28.